The van der Waals surface area contributed by atoms with Crippen molar-refractivity contribution in [2.75, 3.05) is 11.5 Å². The second-order valence-corrected chi connectivity index (χ2v) is 6.13. The molecule has 5 nitrogen and oxygen atoms in total. The highest BCUT2D eigenvalue weighted by molar-refractivity contribution is 6.47. The van der Waals surface area contributed by atoms with Crippen LogP contribution in [0.2, 0.25) is 10.0 Å². The van der Waals surface area contributed by atoms with Gasteiger partial charge >= 0.3 is 0 Å². The Morgan fingerprint density at radius 3 is 2.13 bits per heavy atom. The minimum atomic E-state index is -0.339. The summed E-state index contributed by atoms with van der Waals surface area (Å²) in [6, 6.07) is 3.37. The molecule has 0 aliphatic carbocycles. The van der Waals surface area contributed by atoms with Crippen molar-refractivity contribution in [3.63, 3.8) is 0 Å². The second-order valence-electron chi connectivity index (χ2n) is 5.35. The first-order valence-corrected chi connectivity index (χ1v) is 7.53. The molecule has 0 aliphatic rings. The van der Waals surface area contributed by atoms with Gasteiger partial charge in [0, 0.05) is 21.9 Å². The van der Waals surface area contributed by atoms with Crippen LogP contribution in [0.1, 0.15) is 34.6 Å². The Hall–Kier alpha value is -2.24. The standard InChI is InChI=1S/C16H13Cl2N3O2/c1-5(22)9-10(6(2)23)14(19)15(20)16-12(9)11-8(21-16)4-3-7(17)13(11)18/h3-4,21H,19-20H2,1-2H3. The van der Waals surface area contributed by atoms with Crippen LogP contribution in [0.4, 0.5) is 11.4 Å². The third kappa shape index (κ3) is 2.08. The smallest absolute Gasteiger partial charge is 0.162 e. The van der Waals surface area contributed by atoms with E-state index in [1.54, 1.807) is 12.1 Å². The lowest BCUT2D eigenvalue weighted by Crippen LogP contribution is -2.11. The van der Waals surface area contributed by atoms with E-state index in [1.807, 2.05) is 0 Å². The highest BCUT2D eigenvalue weighted by atomic mass is 35.5. The molecule has 0 radical (unpaired) electrons. The maximum absolute atomic E-state index is 12.2. The van der Waals surface area contributed by atoms with E-state index in [4.69, 9.17) is 34.7 Å². The van der Waals surface area contributed by atoms with Crippen LogP contribution >= 0.6 is 23.2 Å². The number of hydrogen-bond donors (Lipinski definition) is 3. The van der Waals surface area contributed by atoms with Gasteiger partial charge in [0.15, 0.2) is 11.6 Å². The molecule has 1 heterocycles. The number of aromatic amines is 1. The zero-order valence-corrected chi connectivity index (χ0v) is 13.9. The first kappa shape index (κ1) is 15.6. The van der Waals surface area contributed by atoms with E-state index in [-0.39, 0.29) is 39.1 Å². The van der Waals surface area contributed by atoms with Crippen molar-refractivity contribution in [2.45, 2.75) is 13.8 Å². The van der Waals surface area contributed by atoms with Gasteiger partial charge < -0.3 is 16.5 Å². The lowest BCUT2D eigenvalue weighted by Gasteiger charge is -2.13. The largest absolute Gasteiger partial charge is 0.396 e. The van der Waals surface area contributed by atoms with E-state index >= 15 is 0 Å². The molecule has 0 saturated heterocycles. The van der Waals surface area contributed by atoms with E-state index in [0.717, 1.165) is 0 Å². The average Bonchev–Trinajstić information content (AvgIpc) is 2.85. The van der Waals surface area contributed by atoms with Gasteiger partial charge in [-0.15, -0.1) is 0 Å². The summed E-state index contributed by atoms with van der Waals surface area (Å²) < 4.78 is 0. The molecule has 7 heteroatoms. The number of aromatic nitrogens is 1. The van der Waals surface area contributed by atoms with E-state index in [2.05, 4.69) is 4.98 Å². The normalized spacial score (nSPS) is 11.3. The van der Waals surface area contributed by atoms with Crippen LogP contribution in [-0.2, 0) is 0 Å². The van der Waals surface area contributed by atoms with Gasteiger partial charge in [0.25, 0.3) is 0 Å². The van der Waals surface area contributed by atoms with E-state index in [9.17, 15) is 9.59 Å². The van der Waals surface area contributed by atoms with Crippen LogP contribution in [0.15, 0.2) is 12.1 Å². The van der Waals surface area contributed by atoms with Crippen LogP contribution in [0, 0.1) is 0 Å². The Morgan fingerprint density at radius 2 is 1.57 bits per heavy atom. The number of anilines is 2. The zero-order valence-electron chi connectivity index (χ0n) is 12.4. The van der Waals surface area contributed by atoms with Crippen molar-refractivity contribution >= 4 is 67.9 Å². The highest BCUT2D eigenvalue weighted by Gasteiger charge is 2.25. The van der Waals surface area contributed by atoms with Crippen LogP contribution < -0.4 is 11.5 Å². The summed E-state index contributed by atoms with van der Waals surface area (Å²) in [5.41, 5.74) is 13.8. The quantitative estimate of drug-likeness (QED) is 0.476. The molecule has 0 atom stereocenters. The fourth-order valence-corrected chi connectivity index (χ4v) is 3.34. The Morgan fingerprint density at radius 1 is 0.957 bits per heavy atom. The number of hydrogen-bond acceptors (Lipinski definition) is 4. The first-order valence-electron chi connectivity index (χ1n) is 6.77. The summed E-state index contributed by atoms with van der Waals surface area (Å²) in [5, 5.41) is 1.65. The van der Waals surface area contributed by atoms with Gasteiger partial charge in [-0.25, -0.2) is 0 Å². The number of nitrogens with one attached hydrogen (secondary N) is 1. The average molecular weight is 350 g/mol. The Labute approximate surface area is 141 Å². The predicted octanol–water partition coefficient (Wildman–Crippen LogP) is 4.20. The monoisotopic (exact) mass is 349 g/mol. The fourth-order valence-electron chi connectivity index (χ4n) is 2.92. The number of fused-ring (bicyclic) bond motifs is 3. The number of H-pyrrole nitrogens is 1. The summed E-state index contributed by atoms with van der Waals surface area (Å²) in [7, 11) is 0. The van der Waals surface area contributed by atoms with Crippen molar-refractivity contribution in [1.29, 1.82) is 0 Å². The van der Waals surface area contributed by atoms with Crippen LogP contribution in [-0.4, -0.2) is 16.6 Å². The van der Waals surface area contributed by atoms with Gasteiger partial charge in [-0.3, -0.25) is 9.59 Å². The maximum Gasteiger partial charge on any atom is 0.162 e. The number of ketones is 2. The van der Waals surface area contributed by atoms with Crippen molar-refractivity contribution in [2.24, 2.45) is 0 Å². The Balaban J connectivity index is 2.74. The Kier molecular flexibility index (Phi) is 3.50. The maximum atomic E-state index is 12.2. The molecule has 3 aromatic rings. The molecule has 0 saturated carbocycles. The molecule has 118 valence electrons. The van der Waals surface area contributed by atoms with Gasteiger partial charge in [0.05, 0.1) is 32.5 Å². The number of nitrogen functional groups attached to an aromatic ring is 2. The lowest BCUT2D eigenvalue weighted by atomic mass is 9.93. The van der Waals surface area contributed by atoms with Crippen LogP contribution in [0.5, 0.6) is 0 Å². The van der Waals surface area contributed by atoms with Crippen molar-refractivity contribution in [1.82, 2.24) is 4.98 Å². The topological polar surface area (TPSA) is 102 Å². The molecule has 0 fully saturated rings. The van der Waals surface area contributed by atoms with E-state index in [0.29, 0.717) is 26.8 Å². The van der Waals surface area contributed by atoms with Gasteiger partial charge in [0.2, 0.25) is 0 Å². The molecule has 3 rings (SSSR count). The molecule has 2 aromatic carbocycles. The van der Waals surface area contributed by atoms with E-state index < -0.39 is 0 Å². The highest BCUT2D eigenvalue weighted by Crippen LogP contribution is 2.43. The molecular formula is C16H13Cl2N3O2. The zero-order chi connectivity index (χ0) is 17.0. The summed E-state index contributed by atoms with van der Waals surface area (Å²) >= 11 is 12.4. The number of nitrogens with two attached hydrogens (primary N) is 2. The van der Waals surface area contributed by atoms with Crippen LogP contribution in [0.25, 0.3) is 21.8 Å². The molecule has 0 bridgehead atoms. The molecule has 0 unspecified atom stereocenters. The summed E-state index contributed by atoms with van der Waals surface area (Å²) in [6.07, 6.45) is 0. The van der Waals surface area contributed by atoms with Gasteiger partial charge in [-0.05, 0) is 26.0 Å². The van der Waals surface area contributed by atoms with E-state index in [1.165, 1.54) is 13.8 Å². The fraction of sp³-hybridized carbons (Fsp3) is 0.125. The number of carbonyl (C=O) groups is 2. The molecule has 0 spiro atoms. The number of rotatable bonds is 2. The van der Waals surface area contributed by atoms with Crippen molar-refractivity contribution in [3.8, 4) is 0 Å². The van der Waals surface area contributed by atoms with Crippen LogP contribution in [0.3, 0.4) is 0 Å². The molecule has 1 aromatic heterocycles. The third-order valence-electron chi connectivity index (χ3n) is 3.89. The number of halogens is 2. The number of Topliss-reactive ketones (excluding diaryl/α,β-unsaturated/α-hetero) is 2. The van der Waals surface area contributed by atoms with Gasteiger partial charge in [0.1, 0.15) is 0 Å². The summed E-state index contributed by atoms with van der Waals surface area (Å²) in [5.74, 6) is -0.641. The minimum Gasteiger partial charge on any atom is -0.396 e. The first-order chi connectivity index (χ1) is 10.8. The summed E-state index contributed by atoms with van der Waals surface area (Å²) in [4.78, 5) is 27.4. The Bertz CT molecular complexity index is 1020. The SMILES string of the molecule is CC(=O)c1c(N)c(N)c2[nH]c3ccc(Cl)c(Cl)c3c2c1C(C)=O. The predicted molar refractivity (Wildman–Crippen MR) is 94.7 cm³/mol. The van der Waals surface area contributed by atoms with Gasteiger partial charge in [-0.2, -0.15) is 0 Å². The second kappa shape index (κ2) is 5.15. The minimum absolute atomic E-state index is 0.0870. The third-order valence-corrected chi connectivity index (χ3v) is 4.69. The van der Waals surface area contributed by atoms with Crippen molar-refractivity contribution in [3.05, 3.63) is 33.3 Å². The molecule has 0 amide bonds. The molecular weight excluding hydrogens is 337 g/mol. The molecule has 23 heavy (non-hydrogen) atoms. The molecule has 5 N–H and O–H groups in total. The lowest BCUT2D eigenvalue weighted by molar-refractivity contribution is 0.0982. The number of carbonyl (C=O) groups excluding carboxylic acids is 2. The summed E-state index contributed by atoms with van der Waals surface area (Å²) in [6.45, 7) is 2.71. The number of benzene rings is 2. The van der Waals surface area contributed by atoms with Crippen molar-refractivity contribution < 1.29 is 9.59 Å². The van der Waals surface area contributed by atoms with Gasteiger partial charge in [-0.1, -0.05) is 23.2 Å². The molecule has 0 aliphatic heterocycles.